The van der Waals surface area contributed by atoms with Gasteiger partial charge in [0.1, 0.15) is 19.7 Å². The first-order valence-electron chi connectivity index (χ1n) is 5.86. The maximum Gasteiger partial charge on any atom is 0.174 e. The van der Waals surface area contributed by atoms with Crippen molar-refractivity contribution in [1.29, 1.82) is 10.5 Å². The second kappa shape index (κ2) is 6.72. The van der Waals surface area contributed by atoms with E-state index in [1.54, 1.807) is 12.1 Å². The number of nitriles is 2. The molecule has 1 atom stereocenters. The van der Waals surface area contributed by atoms with Crippen molar-refractivity contribution < 1.29 is 4.74 Å². The van der Waals surface area contributed by atoms with Crippen molar-refractivity contribution in [2.75, 3.05) is 6.61 Å². The largest absolute Gasteiger partial charge is 0.478 e. The van der Waals surface area contributed by atoms with Crippen LogP contribution < -0.4 is 10.2 Å². The van der Waals surface area contributed by atoms with Gasteiger partial charge in [0.15, 0.2) is 6.61 Å². The maximum atomic E-state index is 8.91. The van der Waals surface area contributed by atoms with Crippen LogP contribution in [0.1, 0.15) is 31.7 Å². The van der Waals surface area contributed by atoms with Crippen molar-refractivity contribution in [3.8, 4) is 17.9 Å². The summed E-state index contributed by atoms with van der Waals surface area (Å²) in [6.07, 6.45) is 0.407. The molecule has 0 saturated heterocycles. The van der Waals surface area contributed by atoms with Gasteiger partial charge >= 0.3 is 0 Å². The van der Waals surface area contributed by atoms with E-state index in [4.69, 9.17) is 23.1 Å². The smallest absolute Gasteiger partial charge is 0.174 e. The monoisotopic (exact) mass is 238 g/mol. The Hall–Kier alpha value is -1.94. The Balaban J connectivity index is 3.14. The molecule has 2 radical (unpaired) electrons. The van der Waals surface area contributed by atoms with Gasteiger partial charge in [-0.15, -0.1) is 0 Å². The first-order chi connectivity index (χ1) is 8.60. The Morgan fingerprint density at radius 1 is 1.28 bits per heavy atom. The van der Waals surface area contributed by atoms with Crippen LogP contribution in [0.25, 0.3) is 0 Å². The second-order valence-corrected chi connectivity index (χ2v) is 4.46. The Labute approximate surface area is 109 Å². The van der Waals surface area contributed by atoms with Crippen LogP contribution in [-0.4, -0.2) is 14.5 Å². The molecule has 3 nitrogen and oxygen atoms in total. The van der Waals surface area contributed by atoms with Crippen LogP contribution in [0.2, 0.25) is 0 Å². The lowest BCUT2D eigenvalue weighted by atomic mass is 9.82. The quantitative estimate of drug-likeness (QED) is 0.737. The van der Waals surface area contributed by atoms with Crippen molar-refractivity contribution in [2.24, 2.45) is 5.92 Å². The van der Waals surface area contributed by atoms with E-state index >= 15 is 0 Å². The average Bonchev–Trinajstić information content (AvgIpc) is 2.34. The molecule has 0 fully saturated rings. The normalized spacial score (nSPS) is 11.6. The number of hydrogen-bond donors (Lipinski definition) is 0. The third-order valence-corrected chi connectivity index (χ3v) is 2.84. The van der Waals surface area contributed by atoms with Crippen LogP contribution in [0.3, 0.4) is 0 Å². The van der Waals surface area contributed by atoms with Crippen molar-refractivity contribution in [1.82, 2.24) is 0 Å². The summed E-state index contributed by atoms with van der Waals surface area (Å²) in [7, 11) is 5.79. The molecule has 1 rings (SSSR count). The highest BCUT2D eigenvalue weighted by atomic mass is 16.5. The van der Waals surface area contributed by atoms with Gasteiger partial charge in [-0.2, -0.15) is 10.5 Å². The molecule has 0 saturated carbocycles. The van der Waals surface area contributed by atoms with Gasteiger partial charge in [-0.1, -0.05) is 31.4 Å². The molecule has 0 heterocycles. The molecule has 0 bridgehead atoms. The first-order valence-corrected chi connectivity index (χ1v) is 5.86. The van der Waals surface area contributed by atoms with Crippen molar-refractivity contribution in [3.63, 3.8) is 0 Å². The minimum absolute atomic E-state index is 0.00567. The summed E-state index contributed by atoms with van der Waals surface area (Å²) >= 11 is 0. The molecule has 0 aliphatic carbocycles. The van der Waals surface area contributed by atoms with Gasteiger partial charge in [-0.25, -0.2) is 0 Å². The highest BCUT2D eigenvalue weighted by Crippen LogP contribution is 2.33. The molecule has 1 aromatic rings. The molecule has 0 spiro atoms. The molecular weight excluding hydrogens is 223 g/mol. The van der Waals surface area contributed by atoms with Gasteiger partial charge in [0.05, 0.1) is 6.07 Å². The van der Waals surface area contributed by atoms with Gasteiger partial charge in [0.2, 0.25) is 0 Å². The summed E-state index contributed by atoms with van der Waals surface area (Å²) in [6.45, 7) is 4.10. The SMILES string of the molecule is [B]c1ccc(OCC#N)c(C(CC#N)C(C)C)c1. The minimum atomic E-state index is -0.00567. The molecule has 0 aromatic heterocycles. The molecule has 0 amide bonds. The summed E-state index contributed by atoms with van der Waals surface area (Å²) < 4.78 is 5.39. The van der Waals surface area contributed by atoms with E-state index < -0.39 is 0 Å². The van der Waals surface area contributed by atoms with Gasteiger partial charge < -0.3 is 4.74 Å². The lowest BCUT2D eigenvalue weighted by molar-refractivity contribution is 0.355. The highest BCUT2D eigenvalue weighted by Gasteiger charge is 2.19. The van der Waals surface area contributed by atoms with Gasteiger partial charge in [0, 0.05) is 12.3 Å². The van der Waals surface area contributed by atoms with Crippen LogP contribution in [0.5, 0.6) is 5.75 Å². The Morgan fingerprint density at radius 3 is 2.56 bits per heavy atom. The Morgan fingerprint density at radius 2 is 2.00 bits per heavy atom. The van der Waals surface area contributed by atoms with E-state index in [2.05, 4.69) is 19.9 Å². The molecule has 1 aromatic carbocycles. The zero-order valence-corrected chi connectivity index (χ0v) is 10.7. The maximum absolute atomic E-state index is 8.91. The van der Waals surface area contributed by atoms with Gasteiger partial charge in [0.25, 0.3) is 0 Å². The van der Waals surface area contributed by atoms with E-state index in [9.17, 15) is 0 Å². The topological polar surface area (TPSA) is 56.8 Å². The fourth-order valence-corrected chi connectivity index (χ4v) is 1.90. The number of benzene rings is 1. The summed E-state index contributed by atoms with van der Waals surface area (Å²) in [5.74, 6) is 1.00. The number of ether oxygens (including phenoxy) is 1. The molecule has 0 aliphatic heterocycles. The van der Waals surface area contributed by atoms with Crippen molar-refractivity contribution >= 4 is 13.3 Å². The standard InChI is InChI=1S/C14H15BN2O/c1-10(2)12(5-6-16)13-9-11(15)3-4-14(13)18-8-7-17/h3-4,9-10,12H,5,8H2,1-2H3. The summed E-state index contributed by atoms with van der Waals surface area (Å²) in [5, 5.41) is 17.5. The molecule has 90 valence electrons. The number of hydrogen-bond acceptors (Lipinski definition) is 3. The lowest BCUT2D eigenvalue weighted by Gasteiger charge is -2.21. The zero-order chi connectivity index (χ0) is 13.5. The van der Waals surface area contributed by atoms with Crippen molar-refractivity contribution in [2.45, 2.75) is 26.2 Å². The van der Waals surface area contributed by atoms with Crippen LogP contribution in [-0.2, 0) is 0 Å². The molecule has 0 N–H and O–H groups in total. The Kier molecular flexibility index (Phi) is 5.27. The molecular formula is C14H15BN2O. The predicted octanol–water partition coefficient (Wildman–Crippen LogP) is 2.04. The molecule has 0 aliphatic rings. The van der Waals surface area contributed by atoms with E-state index in [0.29, 0.717) is 23.6 Å². The summed E-state index contributed by atoms with van der Waals surface area (Å²) in [5.41, 5.74) is 1.54. The van der Waals surface area contributed by atoms with E-state index in [1.807, 2.05) is 12.1 Å². The van der Waals surface area contributed by atoms with Crippen LogP contribution in [0.4, 0.5) is 0 Å². The number of rotatable bonds is 5. The molecule has 18 heavy (non-hydrogen) atoms. The molecule has 1 unspecified atom stereocenters. The van der Waals surface area contributed by atoms with Gasteiger partial charge in [-0.05, 0) is 17.5 Å². The Bertz CT molecular complexity index is 486. The second-order valence-electron chi connectivity index (χ2n) is 4.46. The van der Waals surface area contributed by atoms with Crippen LogP contribution >= 0.6 is 0 Å². The van der Waals surface area contributed by atoms with Crippen LogP contribution in [0.15, 0.2) is 18.2 Å². The lowest BCUT2D eigenvalue weighted by Crippen LogP contribution is -2.13. The fourth-order valence-electron chi connectivity index (χ4n) is 1.90. The predicted molar refractivity (Wildman–Crippen MR) is 70.7 cm³/mol. The summed E-state index contributed by atoms with van der Waals surface area (Å²) in [4.78, 5) is 0. The van der Waals surface area contributed by atoms with E-state index in [-0.39, 0.29) is 12.5 Å². The van der Waals surface area contributed by atoms with Crippen LogP contribution in [0, 0.1) is 28.6 Å². The molecule has 4 heteroatoms. The minimum Gasteiger partial charge on any atom is -0.478 e. The zero-order valence-electron chi connectivity index (χ0n) is 10.7. The van der Waals surface area contributed by atoms with E-state index in [0.717, 1.165) is 5.56 Å². The summed E-state index contributed by atoms with van der Waals surface area (Å²) in [6, 6.07) is 9.45. The van der Waals surface area contributed by atoms with Crippen molar-refractivity contribution in [3.05, 3.63) is 23.8 Å². The first kappa shape index (κ1) is 14.1. The fraction of sp³-hybridized carbons (Fsp3) is 0.429. The average molecular weight is 238 g/mol. The van der Waals surface area contributed by atoms with Gasteiger partial charge in [-0.3, -0.25) is 0 Å². The number of nitrogens with zero attached hydrogens (tertiary/aromatic N) is 2. The third kappa shape index (κ3) is 3.53. The third-order valence-electron chi connectivity index (χ3n) is 2.84. The highest BCUT2D eigenvalue weighted by molar-refractivity contribution is 6.32. The van der Waals surface area contributed by atoms with E-state index in [1.165, 1.54) is 0 Å².